The van der Waals surface area contributed by atoms with Gasteiger partial charge >= 0.3 is 11.9 Å². The number of carbonyl (C=O) groups excluding carboxylic acids is 2. The van der Waals surface area contributed by atoms with Crippen LogP contribution in [-0.2, 0) is 0 Å². The number of nitrogens with zero attached hydrogens (tertiary/aromatic N) is 3. The molecule has 3 aromatic rings. The maximum atomic E-state index is 14.8. The van der Waals surface area contributed by atoms with Crippen molar-refractivity contribution in [2.24, 2.45) is 0 Å². The minimum Gasteiger partial charge on any atom is -0.240 e. The molecule has 0 spiro atoms. The highest BCUT2D eigenvalue weighted by Crippen LogP contribution is 2.20. The van der Waals surface area contributed by atoms with Crippen LogP contribution in [0.25, 0.3) is 6.58 Å². The maximum absolute atomic E-state index is 14.8. The number of fused-ring (bicyclic) bond motifs is 1. The number of urea groups is 1. The van der Waals surface area contributed by atoms with Crippen molar-refractivity contribution in [2.45, 2.75) is 0 Å². The molecule has 0 unspecified atom stereocenters. The maximum Gasteiger partial charge on any atom is 0.507 e. The minimum absolute atomic E-state index is 0.258. The Morgan fingerprint density at radius 2 is 1.76 bits per heavy atom. The first-order chi connectivity index (χ1) is 14.0. The van der Waals surface area contributed by atoms with E-state index in [-0.39, 0.29) is 11.4 Å². The number of imide groups is 1. The van der Waals surface area contributed by atoms with Crippen molar-refractivity contribution < 1.29 is 14.0 Å². The van der Waals surface area contributed by atoms with E-state index in [4.69, 9.17) is 0 Å². The molecule has 1 aliphatic heterocycles. The van der Waals surface area contributed by atoms with Crippen molar-refractivity contribution in [2.75, 3.05) is 11.9 Å². The quantitative estimate of drug-likeness (QED) is 0.476. The van der Waals surface area contributed by atoms with Gasteiger partial charge in [0.2, 0.25) is 0 Å². The number of carbonyl (C=O) groups is 2. The van der Waals surface area contributed by atoms with Crippen molar-refractivity contribution in [1.29, 1.82) is 0 Å². The SMILES string of the molecule is C=c1cccc2c1=[N+](C)C(=O)N(c1ncc(C#Cc3ccccc3)cc1F)C2=O. The fraction of sp³-hybridized carbons (Fsp3) is 0.0435. The summed E-state index contributed by atoms with van der Waals surface area (Å²) < 4.78 is 16.0. The lowest BCUT2D eigenvalue weighted by molar-refractivity contribution is 0.0984. The van der Waals surface area contributed by atoms with Gasteiger partial charge in [-0.2, -0.15) is 9.37 Å². The fourth-order valence-corrected chi connectivity index (χ4v) is 3.13. The number of amides is 3. The van der Waals surface area contributed by atoms with E-state index in [1.165, 1.54) is 17.8 Å². The van der Waals surface area contributed by atoms with E-state index in [1.807, 2.05) is 30.3 Å². The Labute approximate surface area is 166 Å². The molecule has 29 heavy (non-hydrogen) atoms. The highest BCUT2D eigenvalue weighted by atomic mass is 19.1. The summed E-state index contributed by atoms with van der Waals surface area (Å²) in [5.74, 6) is 3.91. The molecule has 0 bridgehead atoms. The fourth-order valence-electron chi connectivity index (χ4n) is 3.13. The van der Waals surface area contributed by atoms with Gasteiger partial charge < -0.3 is 0 Å². The van der Waals surface area contributed by atoms with Gasteiger partial charge in [-0.3, -0.25) is 0 Å². The Balaban J connectivity index is 1.75. The number of halogens is 1. The van der Waals surface area contributed by atoms with Crippen LogP contribution in [0.1, 0.15) is 21.5 Å². The Bertz CT molecular complexity index is 1340. The molecule has 0 N–H and O–H groups in total. The molecule has 0 atom stereocenters. The van der Waals surface area contributed by atoms with Crippen LogP contribution in [0.3, 0.4) is 0 Å². The average molecular weight is 384 g/mol. The summed E-state index contributed by atoms with van der Waals surface area (Å²) in [7, 11) is 1.51. The van der Waals surface area contributed by atoms with Gasteiger partial charge in [0.05, 0.1) is 7.05 Å². The van der Waals surface area contributed by atoms with Crippen LogP contribution in [0, 0.1) is 17.7 Å². The van der Waals surface area contributed by atoms with Crippen LogP contribution in [0.15, 0.2) is 60.8 Å². The molecule has 4 rings (SSSR count). The first-order valence-corrected chi connectivity index (χ1v) is 8.77. The molecule has 0 saturated heterocycles. The Hall–Kier alpha value is -4.11. The first-order valence-electron chi connectivity index (χ1n) is 8.77. The molecule has 6 heteroatoms. The third kappa shape index (κ3) is 3.19. The molecule has 140 valence electrons. The summed E-state index contributed by atoms with van der Waals surface area (Å²) in [5, 5.41) is 0.941. The molecule has 0 aliphatic carbocycles. The highest BCUT2D eigenvalue weighted by Gasteiger charge is 2.43. The first kappa shape index (κ1) is 18.3. The smallest absolute Gasteiger partial charge is 0.240 e. The Morgan fingerprint density at radius 3 is 2.48 bits per heavy atom. The monoisotopic (exact) mass is 384 g/mol. The third-order valence-electron chi connectivity index (χ3n) is 4.53. The third-order valence-corrected chi connectivity index (χ3v) is 4.53. The highest BCUT2D eigenvalue weighted by molar-refractivity contribution is 6.22. The number of anilines is 1. The molecule has 5 nitrogen and oxygen atoms in total. The van der Waals surface area contributed by atoms with Gasteiger partial charge in [-0.15, -0.1) is 0 Å². The van der Waals surface area contributed by atoms with E-state index >= 15 is 0 Å². The predicted molar refractivity (Wildman–Crippen MR) is 107 cm³/mol. The number of para-hydroxylation sites is 1. The van der Waals surface area contributed by atoms with Gasteiger partial charge in [0.25, 0.3) is 5.82 Å². The van der Waals surface area contributed by atoms with Crippen molar-refractivity contribution in [3.05, 3.63) is 93.9 Å². The molecular weight excluding hydrogens is 369 g/mol. The molecule has 0 fully saturated rings. The van der Waals surface area contributed by atoms with Crippen LogP contribution >= 0.6 is 0 Å². The van der Waals surface area contributed by atoms with Crippen LogP contribution in [0.4, 0.5) is 15.0 Å². The number of pyridine rings is 1. The predicted octanol–water partition coefficient (Wildman–Crippen LogP) is 1.93. The molecule has 3 amide bonds. The topological polar surface area (TPSA) is 53.3 Å². The summed E-state index contributed by atoms with van der Waals surface area (Å²) in [6.07, 6.45) is 1.34. The van der Waals surface area contributed by atoms with Crippen molar-refractivity contribution in [3.8, 4) is 11.8 Å². The molecular formula is C23H15FN3O2+. The van der Waals surface area contributed by atoms with E-state index in [9.17, 15) is 14.0 Å². The lowest BCUT2D eigenvalue weighted by Crippen LogP contribution is -2.58. The molecule has 1 aromatic heterocycles. The zero-order chi connectivity index (χ0) is 20.5. The zero-order valence-electron chi connectivity index (χ0n) is 15.5. The number of aromatic nitrogens is 1. The molecule has 1 aliphatic rings. The second kappa shape index (κ2) is 7.13. The van der Waals surface area contributed by atoms with Crippen molar-refractivity contribution in [1.82, 2.24) is 9.56 Å². The zero-order valence-corrected chi connectivity index (χ0v) is 15.5. The van der Waals surface area contributed by atoms with Crippen molar-refractivity contribution in [3.63, 3.8) is 0 Å². The molecule has 0 radical (unpaired) electrons. The number of hydrogen-bond acceptors (Lipinski definition) is 3. The van der Waals surface area contributed by atoms with Gasteiger partial charge in [0.15, 0.2) is 11.2 Å². The van der Waals surface area contributed by atoms with Crippen molar-refractivity contribution >= 4 is 24.3 Å². The van der Waals surface area contributed by atoms with E-state index in [1.54, 1.807) is 18.2 Å². The standard InChI is InChI=1S/C23H15FN3O2/c1-15-7-6-10-18-20(15)26(2)23(29)27(22(18)28)21-19(24)13-17(14-25-21)12-11-16-8-4-3-5-9-16/h3-10,13-14H,1H2,2H3/q+1. The van der Waals surface area contributed by atoms with Gasteiger partial charge in [-0.25, -0.2) is 14.2 Å². The van der Waals surface area contributed by atoms with Crippen LogP contribution in [0.2, 0.25) is 0 Å². The second-order valence-corrected chi connectivity index (χ2v) is 6.44. The summed E-state index contributed by atoms with van der Waals surface area (Å²) in [6.45, 7) is 3.86. The lowest BCUT2D eigenvalue weighted by atomic mass is 10.1. The van der Waals surface area contributed by atoms with Crippen LogP contribution in [0.5, 0.6) is 0 Å². The Morgan fingerprint density at radius 1 is 1.03 bits per heavy atom. The minimum atomic E-state index is -0.811. The molecule has 0 saturated carbocycles. The van der Waals surface area contributed by atoms with E-state index < -0.39 is 17.8 Å². The van der Waals surface area contributed by atoms with Gasteiger partial charge in [0.1, 0.15) is 5.56 Å². The number of hydrogen-bond donors (Lipinski definition) is 0. The van der Waals surface area contributed by atoms with Crippen LogP contribution < -0.4 is 20.1 Å². The summed E-state index contributed by atoms with van der Waals surface area (Å²) in [6, 6.07) is 14.6. The van der Waals surface area contributed by atoms with Crippen LogP contribution in [-0.4, -0.2) is 24.0 Å². The number of rotatable bonds is 1. The van der Waals surface area contributed by atoms with E-state index in [0.29, 0.717) is 16.1 Å². The Kier molecular flexibility index (Phi) is 4.49. The summed E-state index contributed by atoms with van der Waals surface area (Å²) >= 11 is 0. The van der Waals surface area contributed by atoms with Gasteiger partial charge in [0, 0.05) is 22.5 Å². The molecule has 2 aromatic carbocycles. The largest absolute Gasteiger partial charge is 0.507 e. The van der Waals surface area contributed by atoms with Gasteiger partial charge in [-0.1, -0.05) is 53.7 Å². The average Bonchev–Trinajstić information content (AvgIpc) is 2.72. The summed E-state index contributed by atoms with van der Waals surface area (Å²) in [5.41, 5.74) is 1.37. The van der Waals surface area contributed by atoms with E-state index in [2.05, 4.69) is 23.4 Å². The lowest BCUT2D eigenvalue weighted by Gasteiger charge is -2.17. The molecule has 2 heterocycles. The second-order valence-electron chi connectivity index (χ2n) is 6.44. The number of benzene rings is 2. The van der Waals surface area contributed by atoms with E-state index in [0.717, 1.165) is 16.5 Å². The summed E-state index contributed by atoms with van der Waals surface area (Å²) in [4.78, 5) is 30.4. The normalized spacial score (nSPS) is 13.0. The van der Waals surface area contributed by atoms with Gasteiger partial charge in [-0.05, 0) is 24.3 Å².